The van der Waals surface area contributed by atoms with Gasteiger partial charge in [0, 0.05) is 9.50 Å². The van der Waals surface area contributed by atoms with E-state index >= 15 is 0 Å². The van der Waals surface area contributed by atoms with Gasteiger partial charge in [0.1, 0.15) is 0 Å². The van der Waals surface area contributed by atoms with Crippen LogP contribution in [0.5, 0.6) is 0 Å². The third kappa shape index (κ3) is 2.75. The van der Waals surface area contributed by atoms with E-state index in [2.05, 4.69) is 26.2 Å². The highest BCUT2D eigenvalue weighted by Crippen LogP contribution is 2.21. The van der Waals surface area contributed by atoms with Crippen molar-refractivity contribution in [3.05, 3.63) is 45.1 Å². The molecule has 0 saturated heterocycles. The second kappa shape index (κ2) is 5.17. The lowest BCUT2D eigenvalue weighted by Crippen LogP contribution is -2.01. The first kappa shape index (κ1) is 11.9. The molecule has 0 aliphatic heterocycles. The molecule has 0 radical (unpaired) electrons. The Kier molecular flexibility index (Phi) is 3.84. The monoisotopic (exact) mass is 319 g/mol. The standard InChI is InChI=1S/C10H8BrCl2N3/c11-8-2-1-7(10(13)3-8)5-16-6-9(4-12)14-15-16/h1-3,6H,4-5H2. The van der Waals surface area contributed by atoms with Gasteiger partial charge in [-0.05, 0) is 17.7 Å². The van der Waals surface area contributed by atoms with Crippen LogP contribution in [0.25, 0.3) is 0 Å². The Bertz CT molecular complexity index is 499. The van der Waals surface area contributed by atoms with E-state index in [1.54, 1.807) is 4.68 Å². The molecule has 0 bridgehead atoms. The van der Waals surface area contributed by atoms with E-state index in [4.69, 9.17) is 23.2 Å². The summed E-state index contributed by atoms with van der Waals surface area (Å²) in [6, 6.07) is 5.76. The molecule has 2 aromatic rings. The quantitative estimate of drug-likeness (QED) is 0.811. The molecule has 84 valence electrons. The van der Waals surface area contributed by atoms with Crippen LogP contribution in [0, 0.1) is 0 Å². The SMILES string of the molecule is ClCc1cn(Cc2ccc(Br)cc2Cl)nn1. The van der Waals surface area contributed by atoms with Crippen molar-refractivity contribution in [2.75, 3.05) is 0 Å². The lowest BCUT2D eigenvalue weighted by molar-refractivity contribution is 0.649. The maximum Gasteiger partial charge on any atom is 0.0974 e. The van der Waals surface area contributed by atoms with Crippen LogP contribution in [0.4, 0.5) is 0 Å². The van der Waals surface area contributed by atoms with Crippen molar-refractivity contribution in [3.8, 4) is 0 Å². The van der Waals surface area contributed by atoms with Gasteiger partial charge in [0.2, 0.25) is 0 Å². The average Bonchev–Trinajstić information content (AvgIpc) is 2.70. The highest BCUT2D eigenvalue weighted by atomic mass is 79.9. The van der Waals surface area contributed by atoms with Crippen molar-refractivity contribution in [2.24, 2.45) is 0 Å². The Hall–Kier alpha value is -0.580. The molecule has 0 N–H and O–H groups in total. The van der Waals surface area contributed by atoms with E-state index in [-0.39, 0.29) is 0 Å². The third-order valence-electron chi connectivity index (χ3n) is 2.07. The fourth-order valence-electron chi connectivity index (χ4n) is 1.30. The van der Waals surface area contributed by atoms with Gasteiger partial charge < -0.3 is 0 Å². The topological polar surface area (TPSA) is 30.7 Å². The van der Waals surface area contributed by atoms with Crippen molar-refractivity contribution in [3.63, 3.8) is 0 Å². The average molecular weight is 321 g/mol. The molecule has 0 unspecified atom stereocenters. The highest BCUT2D eigenvalue weighted by Gasteiger charge is 2.04. The van der Waals surface area contributed by atoms with Crippen LogP contribution in [0.2, 0.25) is 5.02 Å². The molecular weight excluding hydrogens is 313 g/mol. The summed E-state index contributed by atoms with van der Waals surface area (Å²) < 4.78 is 2.67. The lowest BCUT2D eigenvalue weighted by Gasteiger charge is -2.03. The van der Waals surface area contributed by atoms with Gasteiger partial charge in [-0.1, -0.05) is 38.8 Å². The van der Waals surface area contributed by atoms with E-state index in [0.29, 0.717) is 17.4 Å². The number of nitrogens with zero attached hydrogens (tertiary/aromatic N) is 3. The molecule has 0 atom stereocenters. The third-order valence-corrected chi connectivity index (χ3v) is 3.19. The summed E-state index contributed by atoms with van der Waals surface area (Å²) >= 11 is 15.1. The lowest BCUT2D eigenvalue weighted by atomic mass is 10.2. The van der Waals surface area contributed by atoms with Crippen LogP contribution in [0.1, 0.15) is 11.3 Å². The largest absolute Gasteiger partial charge is 0.248 e. The van der Waals surface area contributed by atoms with Crippen LogP contribution in [0.3, 0.4) is 0 Å². The van der Waals surface area contributed by atoms with Gasteiger partial charge >= 0.3 is 0 Å². The zero-order chi connectivity index (χ0) is 11.5. The van der Waals surface area contributed by atoms with Crippen molar-refractivity contribution < 1.29 is 0 Å². The molecular formula is C10H8BrCl2N3. The molecule has 2 rings (SSSR count). The molecule has 0 aliphatic carbocycles. The number of halogens is 3. The minimum atomic E-state index is 0.369. The Morgan fingerprint density at radius 2 is 2.19 bits per heavy atom. The van der Waals surface area contributed by atoms with Gasteiger partial charge in [0.15, 0.2) is 0 Å². The van der Waals surface area contributed by atoms with E-state index in [1.165, 1.54) is 0 Å². The molecule has 6 heteroatoms. The van der Waals surface area contributed by atoms with Crippen molar-refractivity contribution in [1.82, 2.24) is 15.0 Å². The van der Waals surface area contributed by atoms with Crippen LogP contribution in [0.15, 0.2) is 28.9 Å². The van der Waals surface area contributed by atoms with Gasteiger partial charge in [0.05, 0.1) is 24.3 Å². The molecule has 0 fully saturated rings. The first-order valence-corrected chi connectivity index (χ1v) is 6.28. The van der Waals surface area contributed by atoms with Crippen LogP contribution >= 0.6 is 39.1 Å². The van der Waals surface area contributed by atoms with E-state index < -0.39 is 0 Å². The smallest absolute Gasteiger partial charge is 0.0974 e. The minimum absolute atomic E-state index is 0.369. The van der Waals surface area contributed by atoms with Crippen molar-refractivity contribution >= 4 is 39.1 Å². The number of hydrogen-bond donors (Lipinski definition) is 0. The van der Waals surface area contributed by atoms with Gasteiger partial charge in [-0.2, -0.15) is 0 Å². The number of alkyl halides is 1. The number of benzene rings is 1. The summed E-state index contributed by atoms with van der Waals surface area (Å²) in [6.07, 6.45) is 1.81. The Labute approximate surface area is 111 Å². The molecule has 0 amide bonds. The number of rotatable bonds is 3. The predicted octanol–water partition coefficient (Wildman–Crippen LogP) is 3.48. The molecule has 0 saturated carbocycles. The van der Waals surface area contributed by atoms with Gasteiger partial charge in [-0.15, -0.1) is 16.7 Å². The summed E-state index contributed by atoms with van der Waals surface area (Å²) in [5.41, 5.74) is 1.76. The normalized spacial score (nSPS) is 10.7. The maximum absolute atomic E-state index is 6.10. The molecule has 1 heterocycles. The number of hydrogen-bond acceptors (Lipinski definition) is 2. The summed E-state index contributed by atoms with van der Waals surface area (Å²) in [5, 5.41) is 8.57. The molecule has 0 spiro atoms. The fraction of sp³-hybridized carbons (Fsp3) is 0.200. The second-order valence-electron chi connectivity index (χ2n) is 3.28. The van der Waals surface area contributed by atoms with E-state index in [9.17, 15) is 0 Å². The highest BCUT2D eigenvalue weighted by molar-refractivity contribution is 9.10. The van der Waals surface area contributed by atoms with E-state index in [0.717, 1.165) is 15.7 Å². The Balaban J connectivity index is 2.20. The van der Waals surface area contributed by atoms with Gasteiger partial charge in [-0.3, -0.25) is 0 Å². The first-order chi connectivity index (χ1) is 7.69. The van der Waals surface area contributed by atoms with E-state index in [1.807, 2.05) is 24.4 Å². The Morgan fingerprint density at radius 3 is 2.81 bits per heavy atom. The van der Waals surface area contributed by atoms with Crippen molar-refractivity contribution in [2.45, 2.75) is 12.4 Å². The zero-order valence-corrected chi connectivity index (χ0v) is 11.3. The summed E-state index contributed by atoms with van der Waals surface area (Å²) in [5.74, 6) is 0.369. The van der Waals surface area contributed by atoms with Crippen LogP contribution in [-0.4, -0.2) is 15.0 Å². The van der Waals surface area contributed by atoms with Gasteiger partial charge in [-0.25, -0.2) is 4.68 Å². The summed E-state index contributed by atoms with van der Waals surface area (Å²) in [7, 11) is 0. The fourth-order valence-corrected chi connectivity index (χ4v) is 2.16. The van der Waals surface area contributed by atoms with Crippen LogP contribution in [-0.2, 0) is 12.4 Å². The predicted molar refractivity (Wildman–Crippen MR) is 67.8 cm³/mol. The Morgan fingerprint density at radius 1 is 1.38 bits per heavy atom. The van der Waals surface area contributed by atoms with Gasteiger partial charge in [0.25, 0.3) is 0 Å². The molecule has 16 heavy (non-hydrogen) atoms. The summed E-state index contributed by atoms with van der Waals surface area (Å²) in [6.45, 7) is 0.593. The maximum atomic E-state index is 6.10. The molecule has 1 aromatic carbocycles. The molecule has 3 nitrogen and oxygen atoms in total. The molecule has 1 aromatic heterocycles. The van der Waals surface area contributed by atoms with Crippen molar-refractivity contribution in [1.29, 1.82) is 0 Å². The minimum Gasteiger partial charge on any atom is -0.248 e. The second-order valence-corrected chi connectivity index (χ2v) is 4.87. The number of aromatic nitrogens is 3. The first-order valence-electron chi connectivity index (χ1n) is 4.58. The zero-order valence-electron chi connectivity index (χ0n) is 8.20. The molecule has 0 aliphatic rings. The van der Waals surface area contributed by atoms with Crippen LogP contribution < -0.4 is 0 Å². The summed E-state index contributed by atoms with van der Waals surface area (Å²) in [4.78, 5) is 0.